The molecule has 0 saturated heterocycles. The van der Waals surface area contributed by atoms with Gasteiger partial charge in [0.15, 0.2) is 0 Å². The third kappa shape index (κ3) is 4.69. The van der Waals surface area contributed by atoms with Crippen molar-refractivity contribution in [1.29, 1.82) is 0 Å². The third-order valence-electron chi connectivity index (χ3n) is 3.78. The molecular weight excluding hydrogens is 336 g/mol. The fourth-order valence-corrected chi connectivity index (χ4v) is 2.50. The number of carbonyl (C=O) groups is 3. The van der Waals surface area contributed by atoms with E-state index in [1.54, 1.807) is 0 Å². The minimum atomic E-state index is -0.610. The highest BCUT2D eigenvalue weighted by Crippen LogP contribution is 2.28. The lowest BCUT2D eigenvalue weighted by Crippen LogP contribution is -2.12. The van der Waals surface area contributed by atoms with E-state index < -0.39 is 11.9 Å². The Bertz CT molecular complexity index is 782. The second-order valence-corrected chi connectivity index (χ2v) is 5.46. The van der Waals surface area contributed by atoms with E-state index in [4.69, 9.17) is 14.2 Å². The van der Waals surface area contributed by atoms with Gasteiger partial charge in [0.2, 0.25) is 0 Å². The molecule has 0 heterocycles. The predicted octanol–water partition coefficient (Wildman–Crippen LogP) is 2.97. The van der Waals surface area contributed by atoms with Crippen molar-refractivity contribution in [1.82, 2.24) is 0 Å². The summed E-state index contributed by atoms with van der Waals surface area (Å²) >= 11 is 0. The second kappa shape index (κ2) is 9.36. The van der Waals surface area contributed by atoms with Crippen LogP contribution in [-0.4, -0.2) is 32.4 Å². The fourth-order valence-electron chi connectivity index (χ4n) is 2.50. The monoisotopic (exact) mass is 356 g/mol. The van der Waals surface area contributed by atoms with Crippen molar-refractivity contribution in [2.45, 2.75) is 19.4 Å². The molecule has 0 aliphatic carbocycles. The third-order valence-corrected chi connectivity index (χ3v) is 3.78. The smallest absolute Gasteiger partial charge is 0.338 e. The van der Waals surface area contributed by atoms with Gasteiger partial charge in [-0.3, -0.25) is 0 Å². The van der Waals surface area contributed by atoms with Gasteiger partial charge in [0.25, 0.3) is 0 Å². The maximum absolute atomic E-state index is 12.2. The number of hydrogen-bond donors (Lipinski definition) is 0. The maximum atomic E-state index is 12.2. The molecule has 0 unspecified atom stereocenters. The van der Waals surface area contributed by atoms with Gasteiger partial charge in [-0.1, -0.05) is 30.3 Å². The Morgan fingerprint density at radius 1 is 1.00 bits per heavy atom. The van der Waals surface area contributed by atoms with E-state index in [9.17, 15) is 14.4 Å². The van der Waals surface area contributed by atoms with Gasteiger partial charge >= 0.3 is 11.9 Å². The van der Waals surface area contributed by atoms with Gasteiger partial charge < -0.3 is 19.0 Å². The van der Waals surface area contributed by atoms with Crippen molar-refractivity contribution >= 4 is 18.2 Å². The summed E-state index contributed by atoms with van der Waals surface area (Å²) in [4.78, 5) is 34.9. The van der Waals surface area contributed by atoms with Crippen LogP contribution in [0, 0.1) is 0 Å². The number of carbonyl (C=O) groups excluding carboxylic acids is 3. The largest absolute Gasteiger partial charge is 0.489 e. The van der Waals surface area contributed by atoms with Crippen LogP contribution in [0.15, 0.2) is 42.5 Å². The molecule has 26 heavy (non-hydrogen) atoms. The van der Waals surface area contributed by atoms with Gasteiger partial charge in [0.05, 0.1) is 25.3 Å². The summed E-state index contributed by atoms with van der Waals surface area (Å²) in [5.74, 6) is -0.859. The highest BCUT2D eigenvalue weighted by Gasteiger charge is 2.21. The number of esters is 2. The minimum absolute atomic E-state index is 0.172. The van der Waals surface area contributed by atoms with E-state index in [1.807, 2.05) is 30.3 Å². The van der Waals surface area contributed by atoms with Gasteiger partial charge in [-0.15, -0.1) is 0 Å². The molecule has 2 aromatic carbocycles. The Kier molecular flexibility index (Phi) is 6.91. The summed E-state index contributed by atoms with van der Waals surface area (Å²) in [5, 5.41) is 0. The summed E-state index contributed by atoms with van der Waals surface area (Å²) < 4.78 is 15.4. The van der Waals surface area contributed by atoms with Crippen LogP contribution in [0.3, 0.4) is 0 Å². The van der Waals surface area contributed by atoms with E-state index in [0.29, 0.717) is 17.7 Å². The highest BCUT2D eigenvalue weighted by molar-refractivity contribution is 5.97. The molecule has 0 aromatic heterocycles. The molecule has 6 heteroatoms. The summed E-state index contributed by atoms with van der Waals surface area (Å²) in [6.45, 7) is 0.250. The predicted molar refractivity (Wildman–Crippen MR) is 94.3 cm³/mol. The van der Waals surface area contributed by atoms with Crippen molar-refractivity contribution in [3.63, 3.8) is 0 Å². The zero-order valence-corrected chi connectivity index (χ0v) is 14.7. The molecule has 0 bridgehead atoms. The molecule has 2 rings (SSSR count). The maximum Gasteiger partial charge on any atom is 0.338 e. The number of ether oxygens (including phenoxy) is 3. The van der Waals surface area contributed by atoms with Crippen LogP contribution in [0.1, 0.15) is 38.3 Å². The van der Waals surface area contributed by atoms with E-state index in [2.05, 4.69) is 0 Å². The second-order valence-electron chi connectivity index (χ2n) is 5.46. The van der Waals surface area contributed by atoms with Gasteiger partial charge in [0.1, 0.15) is 18.6 Å². The zero-order valence-electron chi connectivity index (χ0n) is 14.7. The summed E-state index contributed by atoms with van der Waals surface area (Å²) in [6, 6.07) is 12.4. The van der Waals surface area contributed by atoms with Gasteiger partial charge in [0, 0.05) is 12.0 Å². The zero-order chi connectivity index (χ0) is 18.9. The standard InChI is InChI=1S/C20H20O6/c1-24-19(22)15-11-17(20(23)25-2)16(9-6-10-21)18(12-15)26-13-14-7-4-3-5-8-14/h3-5,7-8,10-12H,6,9,13H2,1-2H3. The first kappa shape index (κ1) is 19.2. The van der Waals surface area contributed by atoms with Crippen molar-refractivity contribution < 1.29 is 28.6 Å². The SMILES string of the molecule is COC(=O)c1cc(OCc2ccccc2)c(CCC=O)c(C(=O)OC)c1. The fraction of sp³-hybridized carbons (Fsp3) is 0.250. The molecule has 0 atom stereocenters. The molecule has 0 spiro atoms. The lowest BCUT2D eigenvalue weighted by Gasteiger charge is -2.16. The van der Waals surface area contributed by atoms with Crippen LogP contribution in [0.5, 0.6) is 5.75 Å². The Morgan fingerprint density at radius 3 is 2.31 bits per heavy atom. The average molecular weight is 356 g/mol. The van der Waals surface area contributed by atoms with Gasteiger partial charge in [-0.2, -0.15) is 0 Å². The number of methoxy groups -OCH3 is 2. The first-order valence-corrected chi connectivity index (χ1v) is 8.04. The molecule has 2 aromatic rings. The van der Waals surface area contributed by atoms with Crippen LogP contribution < -0.4 is 4.74 Å². The van der Waals surface area contributed by atoms with Crippen LogP contribution in [0.2, 0.25) is 0 Å². The molecule has 0 aliphatic rings. The summed E-state index contributed by atoms with van der Waals surface area (Å²) in [6.07, 6.45) is 1.26. The molecule has 0 amide bonds. The lowest BCUT2D eigenvalue weighted by atomic mass is 9.98. The van der Waals surface area contributed by atoms with Crippen LogP contribution in [0.4, 0.5) is 0 Å². The quantitative estimate of drug-likeness (QED) is 0.534. The Balaban J connectivity index is 2.47. The molecule has 136 valence electrons. The van der Waals surface area contributed by atoms with Gasteiger partial charge in [-0.05, 0) is 24.1 Å². The number of benzene rings is 2. The molecule has 6 nitrogen and oxygen atoms in total. The number of rotatable bonds is 8. The Hall–Kier alpha value is -3.15. The molecular formula is C20H20O6. The number of hydrogen-bond acceptors (Lipinski definition) is 6. The first-order valence-electron chi connectivity index (χ1n) is 8.04. The summed E-state index contributed by atoms with van der Waals surface area (Å²) in [5.41, 5.74) is 1.80. The van der Waals surface area contributed by atoms with Crippen LogP contribution in [-0.2, 0) is 27.3 Å². The van der Waals surface area contributed by atoms with E-state index in [0.717, 1.165) is 11.8 Å². The Morgan fingerprint density at radius 2 is 1.69 bits per heavy atom. The molecule has 0 N–H and O–H groups in total. The van der Waals surface area contributed by atoms with Crippen molar-refractivity contribution in [2.24, 2.45) is 0 Å². The topological polar surface area (TPSA) is 78.9 Å². The van der Waals surface area contributed by atoms with Gasteiger partial charge in [-0.25, -0.2) is 9.59 Å². The molecule has 0 saturated carbocycles. The highest BCUT2D eigenvalue weighted by atomic mass is 16.5. The van der Waals surface area contributed by atoms with Crippen LogP contribution in [0.25, 0.3) is 0 Å². The first-order chi connectivity index (χ1) is 12.6. The minimum Gasteiger partial charge on any atom is -0.489 e. The van der Waals surface area contributed by atoms with E-state index >= 15 is 0 Å². The molecule has 0 radical (unpaired) electrons. The summed E-state index contributed by atoms with van der Waals surface area (Å²) in [7, 11) is 2.51. The van der Waals surface area contributed by atoms with Crippen LogP contribution >= 0.6 is 0 Å². The molecule has 0 fully saturated rings. The van der Waals surface area contributed by atoms with Crippen molar-refractivity contribution in [3.8, 4) is 5.75 Å². The Labute approximate surface area is 151 Å². The molecule has 0 aliphatic heterocycles. The van der Waals surface area contributed by atoms with E-state index in [1.165, 1.54) is 26.4 Å². The normalized spacial score (nSPS) is 10.1. The van der Waals surface area contributed by atoms with Crippen molar-refractivity contribution in [2.75, 3.05) is 14.2 Å². The number of aldehydes is 1. The lowest BCUT2D eigenvalue weighted by molar-refractivity contribution is -0.107. The van der Waals surface area contributed by atoms with Crippen molar-refractivity contribution in [3.05, 3.63) is 64.7 Å². The average Bonchev–Trinajstić information content (AvgIpc) is 2.69. The van der Waals surface area contributed by atoms with E-state index in [-0.39, 0.29) is 24.2 Å².